The number of nitrogens with one attached hydrogen (secondary N) is 1. The molecule has 0 unspecified atom stereocenters. The Kier molecular flexibility index (Phi) is 3.78. The maximum absolute atomic E-state index is 13.0. The number of rotatable bonds is 4. The summed E-state index contributed by atoms with van der Waals surface area (Å²) in [6.07, 6.45) is 0. The molecule has 1 aromatic heterocycles. The Morgan fingerprint density at radius 1 is 1.35 bits per heavy atom. The summed E-state index contributed by atoms with van der Waals surface area (Å²) in [6, 6.07) is 4.81. The van der Waals surface area contributed by atoms with Gasteiger partial charge < -0.3 is 5.11 Å². The van der Waals surface area contributed by atoms with Crippen molar-refractivity contribution in [2.24, 2.45) is 0 Å². The Morgan fingerprint density at radius 2 is 2.05 bits per heavy atom. The van der Waals surface area contributed by atoms with Gasteiger partial charge in [-0.3, -0.25) is 4.72 Å². The topological polar surface area (TPSA) is 83.5 Å². The Bertz CT molecular complexity index is 768. The lowest BCUT2D eigenvalue weighted by Gasteiger charge is -2.10. The summed E-state index contributed by atoms with van der Waals surface area (Å²) in [5.41, 5.74) is 0.606. The third-order valence-electron chi connectivity index (χ3n) is 2.55. The highest BCUT2D eigenvalue weighted by atomic mass is 32.2. The van der Waals surface area contributed by atoms with Gasteiger partial charge in [0.15, 0.2) is 0 Å². The van der Waals surface area contributed by atoms with Crippen LogP contribution in [0.5, 0.6) is 0 Å². The Hall–Kier alpha value is -1.93. The molecule has 5 nitrogen and oxygen atoms in total. The molecule has 0 bridgehead atoms. The minimum atomic E-state index is -4.02. The smallest absolute Gasteiger partial charge is 0.347 e. The fourth-order valence-corrected chi connectivity index (χ4v) is 4.00. The van der Waals surface area contributed by atoms with Gasteiger partial charge in [-0.2, -0.15) is 0 Å². The number of carbonyl (C=O) groups is 1. The van der Waals surface area contributed by atoms with Crippen molar-refractivity contribution in [2.45, 2.75) is 11.8 Å². The van der Waals surface area contributed by atoms with Gasteiger partial charge in [-0.05, 0) is 42.1 Å². The fraction of sp³-hybridized carbons (Fsp3) is 0.0833. The SMILES string of the molecule is Cc1cc(F)ccc1NS(=O)(=O)c1ccsc1C(=O)O. The predicted octanol–water partition coefficient (Wildman–Crippen LogP) is 2.69. The number of carboxylic acid groups (broad SMARTS) is 1. The van der Waals surface area contributed by atoms with E-state index in [1.165, 1.54) is 23.6 Å². The first kappa shape index (κ1) is 14.5. The first-order valence-corrected chi connectivity index (χ1v) is 7.77. The highest BCUT2D eigenvalue weighted by molar-refractivity contribution is 7.93. The molecule has 1 heterocycles. The van der Waals surface area contributed by atoms with Gasteiger partial charge in [0.25, 0.3) is 10.0 Å². The number of anilines is 1. The summed E-state index contributed by atoms with van der Waals surface area (Å²) in [4.78, 5) is 10.4. The zero-order chi connectivity index (χ0) is 14.9. The minimum Gasteiger partial charge on any atom is -0.477 e. The standard InChI is InChI=1S/C12H10FNO4S2/c1-7-6-8(13)2-3-9(7)14-20(17,18)10-4-5-19-11(10)12(15)16/h2-6,14H,1H3,(H,15,16). The van der Waals surface area contributed by atoms with Crippen LogP contribution in [-0.2, 0) is 10.0 Å². The van der Waals surface area contributed by atoms with Crippen LogP contribution in [0.15, 0.2) is 34.5 Å². The third kappa shape index (κ3) is 2.81. The van der Waals surface area contributed by atoms with Crippen LogP contribution in [0.4, 0.5) is 10.1 Å². The molecular formula is C12H10FNO4S2. The molecule has 0 saturated heterocycles. The van der Waals surface area contributed by atoms with E-state index in [1.807, 2.05) is 0 Å². The van der Waals surface area contributed by atoms with Gasteiger partial charge in [0.2, 0.25) is 0 Å². The highest BCUT2D eigenvalue weighted by Crippen LogP contribution is 2.25. The van der Waals surface area contributed by atoms with Crippen molar-refractivity contribution in [3.05, 3.63) is 45.9 Å². The van der Waals surface area contributed by atoms with Crippen LogP contribution in [0.3, 0.4) is 0 Å². The van der Waals surface area contributed by atoms with Crippen molar-refractivity contribution >= 4 is 33.0 Å². The minimum absolute atomic E-state index is 0.203. The summed E-state index contributed by atoms with van der Waals surface area (Å²) in [5, 5.41) is 10.3. The molecule has 0 spiro atoms. The Labute approximate surface area is 118 Å². The van der Waals surface area contributed by atoms with Gasteiger partial charge in [0, 0.05) is 0 Å². The first-order valence-electron chi connectivity index (χ1n) is 5.41. The quantitative estimate of drug-likeness (QED) is 0.908. The maximum atomic E-state index is 13.0. The molecule has 2 rings (SSSR count). The molecule has 0 aliphatic heterocycles. The van der Waals surface area contributed by atoms with E-state index in [2.05, 4.69) is 4.72 Å². The second kappa shape index (κ2) is 5.22. The number of halogens is 1. The second-order valence-electron chi connectivity index (χ2n) is 3.98. The molecular weight excluding hydrogens is 305 g/mol. The molecule has 20 heavy (non-hydrogen) atoms. The summed E-state index contributed by atoms with van der Waals surface area (Å²) in [7, 11) is -4.02. The number of hydrogen-bond donors (Lipinski definition) is 2. The van der Waals surface area contributed by atoms with E-state index in [0.29, 0.717) is 5.56 Å². The lowest BCUT2D eigenvalue weighted by atomic mass is 10.2. The molecule has 0 fully saturated rings. The summed E-state index contributed by atoms with van der Waals surface area (Å²) in [6.45, 7) is 1.55. The van der Waals surface area contributed by atoms with Crippen LogP contribution < -0.4 is 4.72 Å². The highest BCUT2D eigenvalue weighted by Gasteiger charge is 2.24. The van der Waals surface area contributed by atoms with Crippen molar-refractivity contribution in [3.8, 4) is 0 Å². The van der Waals surface area contributed by atoms with Crippen LogP contribution in [-0.4, -0.2) is 19.5 Å². The van der Waals surface area contributed by atoms with Gasteiger partial charge in [0.05, 0.1) is 5.69 Å². The first-order chi connectivity index (χ1) is 9.31. The summed E-state index contributed by atoms with van der Waals surface area (Å²) in [5.74, 6) is -1.79. The van der Waals surface area contributed by atoms with Crippen LogP contribution in [0.25, 0.3) is 0 Å². The van der Waals surface area contributed by atoms with Crippen molar-refractivity contribution in [3.63, 3.8) is 0 Å². The van der Waals surface area contributed by atoms with Crippen LogP contribution in [0.1, 0.15) is 15.2 Å². The van der Waals surface area contributed by atoms with Gasteiger partial charge in [-0.1, -0.05) is 0 Å². The molecule has 0 aliphatic carbocycles. The molecule has 0 amide bonds. The van der Waals surface area contributed by atoms with E-state index in [-0.39, 0.29) is 15.5 Å². The number of aromatic carboxylic acids is 1. The van der Waals surface area contributed by atoms with Crippen molar-refractivity contribution in [1.29, 1.82) is 0 Å². The monoisotopic (exact) mass is 315 g/mol. The molecule has 0 atom stereocenters. The number of benzene rings is 1. The fourth-order valence-electron chi connectivity index (χ4n) is 1.61. The lowest BCUT2D eigenvalue weighted by molar-refractivity contribution is 0.0698. The second-order valence-corrected chi connectivity index (χ2v) is 6.55. The summed E-state index contributed by atoms with van der Waals surface area (Å²) >= 11 is 0.823. The number of carboxylic acids is 1. The third-order valence-corrected chi connectivity index (χ3v) is 4.99. The molecule has 2 N–H and O–H groups in total. The van der Waals surface area contributed by atoms with E-state index in [9.17, 15) is 17.6 Å². The Morgan fingerprint density at radius 3 is 2.65 bits per heavy atom. The normalized spacial score (nSPS) is 11.3. The van der Waals surface area contributed by atoms with Gasteiger partial charge in [-0.15, -0.1) is 11.3 Å². The summed E-state index contributed by atoms with van der Waals surface area (Å²) < 4.78 is 39.6. The van der Waals surface area contributed by atoms with E-state index < -0.39 is 21.8 Å². The van der Waals surface area contributed by atoms with E-state index in [0.717, 1.165) is 17.4 Å². The van der Waals surface area contributed by atoms with E-state index in [1.54, 1.807) is 6.92 Å². The Balaban J connectivity index is 2.41. The number of hydrogen-bond acceptors (Lipinski definition) is 4. The van der Waals surface area contributed by atoms with Gasteiger partial charge in [-0.25, -0.2) is 17.6 Å². The van der Waals surface area contributed by atoms with Crippen LogP contribution >= 0.6 is 11.3 Å². The molecule has 2 aromatic rings. The molecule has 8 heteroatoms. The average molecular weight is 315 g/mol. The number of thiophene rings is 1. The van der Waals surface area contributed by atoms with Crippen LogP contribution in [0.2, 0.25) is 0 Å². The molecule has 0 radical (unpaired) electrons. The molecule has 1 aromatic carbocycles. The number of sulfonamides is 1. The molecule has 0 aliphatic rings. The maximum Gasteiger partial charge on any atom is 0.347 e. The average Bonchev–Trinajstić information content (AvgIpc) is 2.82. The van der Waals surface area contributed by atoms with Gasteiger partial charge in [0.1, 0.15) is 15.6 Å². The number of aryl methyl sites for hydroxylation is 1. The largest absolute Gasteiger partial charge is 0.477 e. The van der Waals surface area contributed by atoms with E-state index in [4.69, 9.17) is 5.11 Å². The molecule has 106 valence electrons. The van der Waals surface area contributed by atoms with E-state index >= 15 is 0 Å². The van der Waals surface area contributed by atoms with Gasteiger partial charge >= 0.3 is 5.97 Å². The van der Waals surface area contributed by atoms with Crippen molar-refractivity contribution in [2.75, 3.05) is 4.72 Å². The lowest BCUT2D eigenvalue weighted by Crippen LogP contribution is -2.15. The zero-order valence-electron chi connectivity index (χ0n) is 10.3. The van der Waals surface area contributed by atoms with Crippen LogP contribution in [0, 0.1) is 12.7 Å². The van der Waals surface area contributed by atoms with Crippen molar-refractivity contribution in [1.82, 2.24) is 0 Å². The zero-order valence-corrected chi connectivity index (χ0v) is 11.9. The van der Waals surface area contributed by atoms with Crippen molar-refractivity contribution < 1.29 is 22.7 Å². The molecule has 0 saturated carbocycles. The predicted molar refractivity (Wildman–Crippen MR) is 73.2 cm³/mol.